The maximum atomic E-state index is 11.3. The molecule has 14 nitrogen and oxygen atoms in total. The molecular weight excluding hydrogens is 572 g/mol. The van der Waals surface area contributed by atoms with Crippen molar-refractivity contribution >= 4 is 22.7 Å². The third kappa shape index (κ3) is 7.13. The lowest BCUT2D eigenvalue weighted by atomic mass is 10.0. The van der Waals surface area contributed by atoms with Gasteiger partial charge in [-0.3, -0.25) is 20.2 Å². The Balaban J connectivity index is 1.60. The number of aromatic hydroxyl groups is 1. The molecule has 44 heavy (non-hydrogen) atoms. The number of ether oxygens (including phenoxy) is 1. The number of nitro groups is 2. The van der Waals surface area contributed by atoms with Crippen LogP contribution < -0.4 is 14.4 Å². The number of hydrogen-bond donors (Lipinski definition) is 1. The maximum Gasteiger partial charge on any atom is 0.269 e. The molecule has 0 saturated carbocycles. The van der Waals surface area contributed by atoms with Gasteiger partial charge in [0.05, 0.1) is 31.7 Å². The summed E-state index contributed by atoms with van der Waals surface area (Å²) in [5, 5.41) is 47.9. The van der Waals surface area contributed by atoms with Crippen molar-refractivity contribution in [2.45, 2.75) is 0 Å². The molecule has 0 bridgehead atoms. The molecule has 0 aliphatic heterocycles. The van der Waals surface area contributed by atoms with Crippen LogP contribution in [0.3, 0.4) is 0 Å². The fraction of sp³-hybridized carbons (Fsp3) is 0. The Kier molecular flexibility index (Phi) is 8.72. The largest absolute Gasteiger partial charge is 0.508 e. The van der Waals surface area contributed by atoms with E-state index in [0.29, 0.717) is 11.3 Å². The second-order valence-electron chi connectivity index (χ2n) is 8.82. The van der Waals surface area contributed by atoms with Gasteiger partial charge in [0, 0.05) is 30.3 Å². The van der Waals surface area contributed by atoms with Gasteiger partial charge in [-0.15, -0.1) is 5.11 Å². The lowest BCUT2D eigenvalue weighted by Crippen LogP contribution is -1.95. The van der Waals surface area contributed by atoms with Crippen LogP contribution in [-0.2, 0) is 0 Å². The summed E-state index contributed by atoms with van der Waals surface area (Å²) >= 11 is 0. The van der Waals surface area contributed by atoms with Crippen molar-refractivity contribution in [3.8, 4) is 39.9 Å². The van der Waals surface area contributed by atoms with Gasteiger partial charge in [-0.05, 0) is 66.2 Å². The zero-order valence-electron chi connectivity index (χ0n) is 22.5. The van der Waals surface area contributed by atoms with E-state index in [1.54, 1.807) is 42.5 Å². The standard InChI is InChI=1S/C30H20N6O8/c37-24-7-4-8-26(19-24)43-33-34-44-28-18-17-27(32-31-21-5-2-1-3-6-21)30(42-25-15-13-23(14-16-25)36(40)41)29(28)20-9-11-22(12-10-20)35(38)39/h1-19,37H. The third-order valence-electron chi connectivity index (χ3n) is 5.90. The lowest BCUT2D eigenvalue weighted by Gasteiger charge is -2.16. The van der Waals surface area contributed by atoms with E-state index < -0.39 is 9.85 Å². The third-order valence-corrected chi connectivity index (χ3v) is 5.90. The molecule has 0 atom stereocenters. The Hall–Kier alpha value is -6.70. The van der Waals surface area contributed by atoms with Gasteiger partial charge in [0.2, 0.25) is 0 Å². The van der Waals surface area contributed by atoms with Gasteiger partial charge in [0.1, 0.15) is 17.2 Å². The fourth-order valence-corrected chi connectivity index (χ4v) is 3.86. The van der Waals surface area contributed by atoms with Crippen LogP contribution in [0.1, 0.15) is 0 Å². The quantitative estimate of drug-likeness (QED) is 0.0895. The molecule has 5 rings (SSSR count). The molecule has 218 valence electrons. The molecule has 0 amide bonds. The maximum absolute atomic E-state index is 11.3. The second-order valence-corrected chi connectivity index (χ2v) is 8.82. The summed E-state index contributed by atoms with van der Waals surface area (Å²) in [4.78, 5) is 32.1. The first-order valence-electron chi connectivity index (χ1n) is 12.7. The van der Waals surface area contributed by atoms with Gasteiger partial charge in [0.25, 0.3) is 11.4 Å². The average molecular weight is 593 g/mol. The highest BCUT2D eigenvalue weighted by Gasteiger charge is 2.21. The Morgan fingerprint density at radius 3 is 1.95 bits per heavy atom. The van der Waals surface area contributed by atoms with Crippen LogP contribution in [-0.4, -0.2) is 15.0 Å². The molecule has 0 aromatic heterocycles. The predicted octanol–water partition coefficient (Wildman–Crippen LogP) is 8.82. The van der Waals surface area contributed by atoms with E-state index in [1.807, 2.05) is 6.07 Å². The number of hydrogen-bond acceptors (Lipinski definition) is 12. The van der Waals surface area contributed by atoms with E-state index in [1.165, 1.54) is 66.7 Å². The van der Waals surface area contributed by atoms with Gasteiger partial charge in [-0.1, -0.05) is 24.3 Å². The summed E-state index contributed by atoms with van der Waals surface area (Å²) in [7, 11) is 0. The summed E-state index contributed by atoms with van der Waals surface area (Å²) in [6.45, 7) is 0. The molecule has 0 aliphatic carbocycles. The Bertz CT molecular complexity index is 1850. The van der Waals surface area contributed by atoms with Crippen LogP contribution >= 0.6 is 0 Å². The highest BCUT2D eigenvalue weighted by atomic mass is 16.7. The van der Waals surface area contributed by atoms with Crippen molar-refractivity contribution < 1.29 is 29.4 Å². The number of rotatable bonds is 11. The molecule has 0 spiro atoms. The SMILES string of the molecule is O=[N+]([O-])c1ccc(Oc2c(N=Nc3ccccc3)ccc(ON=NOc3cccc(O)c3)c2-c2ccc([N+](=O)[O-])cc2)cc1. The minimum absolute atomic E-state index is 0.0348. The molecular formula is C30H20N6O8. The minimum Gasteiger partial charge on any atom is -0.508 e. The normalized spacial score (nSPS) is 11.0. The fourth-order valence-electron chi connectivity index (χ4n) is 3.86. The number of phenols is 1. The minimum atomic E-state index is -0.538. The number of phenolic OH excluding ortho intramolecular Hbond substituents is 1. The van der Waals surface area contributed by atoms with Crippen LogP contribution in [0.15, 0.2) is 136 Å². The van der Waals surface area contributed by atoms with Crippen molar-refractivity contribution in [3.05, 3.63) is 135 Å². The van der Waals surface area contributed by atoms with E-state index in [4.69, 9.17) is 14.4 Å². The Morgan fingerprint density at radius 2 is 1.30 bits per heavy atom. The molecule has 1 N–H and O–H groups in total. The summed E-state index contributed by atoms with van der Waals surface area (Å²) < 4.78 is 6.20. The molecule has 0 fully saturated rings. The molecule has 0 saturated heterocycles. The summed E-state index contributed by atoms with van der Waals surface area (Å²) in [5.41, 5.74) is 1.20. The van der Waals surface area contributed by atoms with Gasteiger partial charge in [-0.2, -0.15) is 5.11 Å². The van der Waals surface area contributed by atoms with Gasteiger partial charge in [-0.25, -0.2) is 0 Å². The first kappa shape index (κ1) is 28.8. The van der Waals surface area contributed by atoms with E-state index in [-0.39, 0.29) is 51.4 Å². The zero-order valence-corrected chi connectivity index (χ0v) is 22.5. The number of azo groups is 1. The van der Waals surface area contributed by atoms with E-state index in [2.05, 4.69) is 20.8 Å². The molecule has 5 aromatic carbocycles. The van der Waals surface area contributed by atoms with Crippen molar-refractivity contribution in [2.24, 2.45) is 20.8 Å². The summed E-state index contributed by atoms with van der Waals surface area (Å²) in [6.07, 6.45) is 0. The highest BCUT2D eigenvalue weighted by molar-refractivity contribution is 5.83. The average Bonchev–Trinajstić information content (AvgIpc) is 3.03. The van der Waals surface area contributed by atoms with Gasteiger partial charge in [0.15, 0.2) is 17.2 Å². The lowest BCUT2D eigenvalue weighted by molar-refractivity contribution is -0.385. The summed E-state index contributed by atoms with van der Waals surface area (Å²) in [5.74, 6) is 0.590. The van der Waals surface area contributed by atoms with Crippen molar-refractivity contribution in [1.82, 2.24) is 0 Å². The molecule has 0 heterocycles. The van der Waals surface area contributed by atoms with Gasteiger partial charge < -0.3 is 19.5 Å². The summed E-state index contributed by atoms with van der Waals surface area (Å²) in [6, 6.07) is 28.8. The van der Waals surface area contributed by atoms with Crippen molar-refractivity contribution in [1.29, 1.82) is 0 Å². The highest BCUT2D eigenvalue weighted by Crippen LogP contribution is 2.47. The molecule has 5 aromatic rings. The van der Waals surface area contributed by atoms with Crippen LogP contribution in [0.2, 0.25) is 0 Å². The Labute approximate surface area is 248 Å². The van der Waals surface area contributed by atoms with Crippen LogP contribution in [0, 0.1) is 20.2 Å². The second kappa shape index (κ2) is 13.3. The molecule has 0 aliphatic rings. The first-order valence-corrected chi connectivity index (χ1v) is 12.7. The number of benzene rings is 5. The first-order chi connectivity index (χ1) is 21.4. The van der Waals surface area contributed by atoms with Gasteiger partial charge >= 0.3 is 0 Å². The van der Waals surface area contributed by atoms with Crippen molar-refractivity contribution in [2.75, 3.05) is 0 Å². The van der Waals surface area contributed by atoms with E-state index in [9.17, 15) is 25.3 Å². The topological polar surface area (TPSA) is 184 Å². The monoisotopic (exact) mass is 592 g/mol. The zero-order chi connectivity index (χ0) is 30.9. The van der Waals surface area contributed by atoms with E-state index >= 15 is 0 Å². The van der Waals surface area contributed by atoms with E-state index in [0.717, 1.165) is 0 Å². The molecule has 0 unspecified atom stereocenters. The predicted molar refractivity (Wildman–Crippen MR) is 157 cm³/mol. The molecule has 14 heteroatoms. The van der Waals surface area contributed by atoms with Crippen LogP contribution in [0.4, 0.5) is 22.7 Å². The number of nitrogens with zero attached hydrogens (tertiary/aromatic N) is 6. The smallest absolute Gasteiger partial charge is 0.269 e. The van der Waals surface area contributed by atoms with Crippen molar-refractivity contribution in [3.63, 3.8) is 0 Å². The number of nitro benzene ring substituents is 2. The van der Waals surface area contributed by atoms with Crippen LogP contribution in [0.5, 0.6) is 28.7 Å². The molecule has 0 radical (unpaired) electrons. The number of non-ortho nitro benzene ring substituents is 2. The Morgan fingerprint density at radius 1 is 0.636 bits per heavy atom. The van der Waals surface area contributed by atoms with Crippen LogP contribution in [0.25, 0.3) is 11.1 Å².